The first-order valence-electron chi connectivity index (χ1n) is 6.65. The Morgan fingerprint density at radius 1 is 1.29 bits per heavy atom. The second kappa shape index (κ2) is 6.74. The van der Waals surface area contributed by atoms with Crippen LogP contribution in [0, 0.1) is 5.82 Å². The van der Waals surface area contributed by atoms with Gasteiger partial charge in [0.05, 0.1) is 12.3 Å². The lowest BCUT2D eigenvalue weighted by Gasteiger charge is -2.12. The van der Waals surface area contributed by atoms with Crippen LogP contribution in [0.1, 0.15) is 22.8 Å². The van der Waals surface area contributed by atoms with E-state index in [1.54, 1.807) is 0 Å². The van der Waals surface area contributed by atoms with Gasteiger partial charge in [0, 0.05) is 17.7 Å². The van der Waals surface area contributed by atoms with Gasteiger partial charge in [-0.2, -0.15) is 0 Å². The Balaban J connectivity index is 2.16. The summed E-state index contributed by atoms with van der Waals surface area (Å²) in [6, 6.07) is 11.5. The van der Waals surface area contributed by atoms with E-state index in [9.17, 15) is 9.18 Å². The summed E-state index contributed by atoms with van der Waals surface area (Å²) in [6.45, 7) is 2.85. The monoisotopic (exact) mass is 288 g/mol. The van der Waals surface area contributed by atoms with Crippen molar-refractivity contribution >= 4 is 11.6 Å². The van der Waals surface area contributed by atoms with Gasteiger partial charge in [-0.15, -0.1) is 0 Å². The maximum absolute atomic E-state index is 13.7. The number of para-hydroxylation sites is 1. The van der Waals surface area contributed by atoms with Crippen molar-refractivity contribution in [2.45, 2.75) is 13.5 Å². The van der Waals surface area contributed by atoms with E-state index in [4.69, 9.17) is 10.5 Å². The zero-order chi connectivity index (χ0) is 15.2. The van der Waals surface area contributed by atoms with Crippen molar-refractivity contribution in [3.8, 4) is 5.75 Å². The van der Waals surface area contributed by atoms with Crippen molar-refractivity contribution in [1.29, 1.82) is 0 Å². The minimum absolute atomic E-state index is 0.234. The number of anilines is 1. The fourth-order valence-electron chi connectivity index (χ4n) is 1.95. The van der Waals surface area contributed by atoms with Crippen molar-refractivity contribution in [1.82, 2.24) is 0 Å². The van der Waals surface area contributed by atoms with Crippen LogP contribution in [0.25, 0.3) is 0 Å². The Morgan fingerprint density at radius 2 is 2.05 bits per heavy atom. The molecule has 4 nitrogen and oxygen atoms in total. The van der Waals surface area contributed by atoms with Gasteiger partial charge < -0.3 is 15.8 Å². The van der Waals surface area contributed by atoms with Crippen molar-refractivity contribution in [3.63, 3.8) is 0 Å². The number of benzene rings is 2. The molecule has 0 atom stereocenters. The summed E-state index contributed by atoms with van der Waals surface area (Å²) < 4.78 is 19.2. The van der Waals surface area contributed by atoms with E-state index >= 15 is 0 Å². The standard InChI is InChI=1S/C16H17FN2O2/c1-2-21-15-6-4-3-5-12(15)10-19-14-9-11(16(18)20)7-8-13(14)17/h3-9,19H,2,10H2,1H3,(H2,18,20). The Kier molecular flexibility index (Phi) is 4.77. The predicted molar refractivity (Wildman–Crippen MR) is 79.9 cm³/mol. The lowest BCUT2D eigenvalue weighted by molar-refractivity contribution is 0.100. The van der Waals surface area contributed by atoms with Crippen molar-refractivity contribution < 1.29 is 13.9 Å². The molecule has 2 aromatic rings. The minimum atomic E-state index is -0.590. The smallest absolute Gasteiger partial charge is 0.248 e. The highest BCUT2D eigenvalue weighted by Crippen LogP contribution is 2.21. The molecule has 0 unspecified atom stereocenters. The summed E-state index contributed by atoms with van der Waals surface area (Å²) in [5, 5.41) is 2.96. The highest BCUT2D eigenvalue weighted by atomic mass is 19.1. The molecule has 0 heterocycles. The third-order valence-corrected chi connectivity index (χ3v) is 2.99. The number of hydrogen-bond acceptors (Lipinski definition) is 3. The summed E-state index contributed by atoms with van der Waals surface area (Å²) in [7, 11) is 0. The van der Waals surface area contributed by atoms with Crippen LogP contribution in [0.4, 0.5) is 10.1 Å². The number of rotatable bonds is 6. The van der Waals surface area contributed by atoms with Crippen LogP contribution >= 0.6 is 0 Å². The first kappa shape index (κ1) is 14.8. The average Bonchev–Trinajstić information content (AvgIpc) is 2.48. The zero-order valence-corrected chi connectivity index (χ0v) is 11.7. The molecule has 0 aliphatic heterocycles. The Bertz CT molecular complexity index is 644. The molecule has 3 N–H and O–H groups in total. The molecule has 0 spiro atoms. The highest BCUT2D eigenvalue weighted by Gasteiger charge is 2.08. The summed E-state index contributed by atoms with van der Waals surface area (Å²) in [5.41, 5.74) is 6.60. The van der Waals surface area contributed by atoms with Crippen LogP contribution in [0.15, 0.2) is 42.5 Å². The Labute approximate surface area is 122 Å². The van der Waals surface area contributed by atoms with E-state index in [2.05, 4.69) is 5.32 Å². The summed E-state index contributed by atoms with van der Waals surface area (Å²) in [5.74, 6) is -0.277. The number of halogens is 1. The molecule has 0 aromatic heterocycles. The Hall–Kier alpha value is -2.56. The van der Waals surface area contributed by atoms with Crippen LogP contribution in [-0.4, -0.2) is 12.5 Å². The topological polar surface area (TPSA) is 64.3 Å². The predicted octanol–water partition coefficient (Wildman–Crippen LogP) is 2.94. The largest absolute Gasteiger partial charge is 0.494 e. The first-order valence-corrected chi connectivity index (χ1v) is 6.65. The molecule has 0 aliphatic carbocycles. The molecule has 0 fully saturated rings. The quantitative estimate of drug-likeness (QED) is 0.859. The highest BCUT2D eigenvalue weighted by molar-refractivity contribution is 5.93. The summed E-state index contributed by atoms with van der Waals surface area (Å²) in [6.07, 6.45) is 0. The van der Waals surface area contributed by atoms with E-state index in [-0.39, 0.29) is 11.3 Å². The Morgan fingerprint density at radius 3 is 2.76 bits per heavy atom. The minimum Gasteiger partial charge on any atom is -0.494 e. The van der Waals surface area contributed by atoms with Gasteiger partial charge in [0.25, 0.3) is 0 Å². The van der Waals surface area contributed by atoms with Crippen LogP contribution in [0.3, 0.4) is 0 Å². The molecule has 0 saturated carbocycles. The number of carbonyl (C=O) groups excluding carboxylic acids is 1. The number of hydrogen-bond donors (Lipinski definition) is 2. The van der Waals surface area contributed by atoms with Gasteiger partial charge in [-0.1, -0.05) is 18.2 Å². The van der Waals surface area contributed by atoms with Crippen LogP contribution in [0.2, 0.25) is 0 Å². The molecule has 1 amide bonds. The van der Waals surface area contributed by atoms with Gasteiger partial charge in [-0.05, 0) is 31.2 Å². The van der Waals surface area contributed by atoms with E-state index in [0.29, 0.717) is 13.2 Å². The van der Waals surface area contributed by atoms with E-state index < -0.39 is 11.7 Å². The molecule has 2 rings (SSSR count). The maximum atomic E-state index is 13.7. The number of amides is 1. The number of nitrogens with one attached hydrogen (secondary N) is 1. The second-order valence-electron chi connectivity index (χ2n) is 4.45. The van der Waals surface area contributed by atoms with E-state index in [0.717, 1.165) is 11.3 Å². The van der Waals surface area contributed by atoms with Crippen molar-refractivity contribution in [3.05, 3.63) is 59.4 Å². The molecule has 0 aliphatic rings. The number of ether oxygens (including phenoxy) is 1. The van der Waals surface area contributed by atoms with Gasteiger partial charge >= 0.3 is 0 Å². The first-order chi connectivity index (χ1) is 10.1. The van der Waals surface area contributed by atoms with Gasteiger partial charge in [0.1, 0.15) is 11.6 Å². The molecule has 110 valence electrons. The zero-order valence-electron chi connectivity index (χ0n) is 11.7. The number of carbonyl (C=O) groups is 1. The van der Waals surface area contributed by atoms with E-state index in [1.165, 1.54) is 18.2 Å². The van der Waals surface area contributed by atoms with Gasteiger partial charge in [0.2, 0.25) is 5.91 Å². The normalized spacial score (nSPS) is 10.2. The summed E-state index contributed by atoms with van der Waals surface area (Å²) >= 11 is 0. The molecular formula is C16H17FN2O2. The lowest BCUT2D eigenvalue weighted by Crippen LogP contribution is -2.12. The molecule has 0 bridgehead atoms. The molecular weight excluding hydrogens is 271 g/mol. The molecule has 21 heavy (non-hydrogen) atoms. The van der Waals surface area contributed by atoms with Crippen molar-refractivity contribution in [2.75, 3.05) is 11.9 Å². The summed E-state index contributed by atoms with van der Waals surface area (Å²) in [4.78, 5) is 11.1. The van der Waals surface area contributed by atoms with Crippen LogP contribution in [0.5, 0.6) is 5.75 Å². The SMILES string of the molecule is CCOc1ccccc1CNc1cc(C(N)=O)ccc1F. The van der Waals surface area contributed by atoms with Crippen molar-refractivity contribution in [2.24, 2.45) is 5.73 Å². The van der Waals surface area contributed by atoms with Gasteiger partial charge in [-0.3, -0.25) is 4.79 Å². The van der Waals surface area contributed by atoms with Crippen LogP contribution in [-0.2, 0) is 6.54 Å². The molecule has 0 radical (unpaired) electrons. The third-order valence-electron chi connectivity index (χ3n) is 2.99. The average molecular weight is 288 g/mol. The fourth-order valence-corrected chi connectivity index (χ4v) is 1.95. The maximum Gasteiger partial charge on any atom is 0.248 e. The molecule has 5 heteroatoms. The van der Waals surface area contributed by atoms with Gasteiger partial charge in [-0.25, -0.2) is 4.39 Å². The third kappa shape index (κ3) is 3.72. The molecule has 2 aromatic carbocycles. The van der Waals surface area contributed by atoms with Crippen LogP contribution < -0.4 is 15.8 Å². The molecule has 0 saturated heterocycles. The second-order valence-corrected chi connectivity index (χ2v) is 4.45. The van der Waals surface area contributed by atoms with Gasteiger partial charge in [0.15, 0.2) is 0 Å². The number of primary amides is 1. The number of nitrogens with two attached hydrogens (primary N) is 1. The lowest BCUT2D eigenvalue weighted by atomic mass is 10.1. The van der Waals surface area contributed by atoms with E-state index in [1.807, 2.05) is 31.2 Å². The fraction of sp³-hybridized carbons (Fsp3) is 0.188.